The number of urea groups is 1. The summed E-state index contributed by atoms with van der Waals surface area (Å²) in [5.74, 6) is 0. The molecule has 4 nitrogen and oxygen atoms in total. The third-order valence-electron chi connectivity index (χ3n) is 3.69. The molecule has 1 saturated carbocycles. The number of hydrogen-bond donors (Lipinski definition) is 2. The highest BCUT2D eigenvalue weighted by molar-refractivity contribution is 5.94. The Balaban J connectivity index is 1.90. The minimum Gasteiger partial charge on any atom is -0.317 e. The molecule has 1 heterocycles. The predicted molar refractivity (Wildman–Crippen MR) is 66.5 cm³/mol. The van der Waals surface area contributed by atoms with Gasteiger partial charge in [0.25, 0.3) is 0 Å². The van der Waals surface area contributed by atoms with Gasteiger partial charge >= 0.3 is 6.03 Å². The van der Waals surface area contributed by atoms with Crippen LogP contribution in [0.2, 0.25) is 0 Å². The second kappa shape index (κ2) is 3.74. The molecule has 2 fully saturated rings. The Morgan fingerprint density at radius 3 is 2.65 bits per heavy atom. The fourth-order valence-electron chi connectivity index (χ4n) is 2.75. The number of aryl methyl sites for hydroxylation is 1. The van der Waals surface area contributed by atoms with E-state index in [9.17, 15) is 4.79 Å². The molecule has 2 N–H and O–H groups in total. The SMILES string of the molecule is Cc1ccccc1N1NC2(CCCC2)NC1=O. The largest absolute Gasteiger partial charge is 0.338 e. The van der Waals surface area contributed by atoms with E-state index in [1.54, 1.807) is 5.01 Å². The van der Waals surface area contributed by atoms with Crippen LogP contribution in [0.25, 0.3) is 0 Å². The molecule has 0 bridgehead atoms. The number of nitrogens with one attached hydrogen (secondary N) is 2. The van der Waals surface area contributed by atoms with Gasteiger partial charge in [0.1, 0.15) is 5.66 Å². The highest BCUT2D eigenvalue weighted by atomic mass is 16.2. The lowest BCUT2D eigenvalue weighted by Gasteiger charge is -2.24. The maximum Gasteiger partial charge on any atom is 0.338 e. The topological polar surface area (TPSA) is 44.4 Å². The normalized spacial score (nSPS) is 22.2. The maximum atomic E-state index is 12.0. The zero-order valence-corrected chi connectivity index (χ0v) is 9.99. The number of para-hydroxylation sites is 1. The third-order valence-corrected chi connectivity index (χ3v) is 3.69. The molecule has 0 atom stereocenters. The molecular weight excluding hydrogens is 214 g/mol. The molecule has 1 aliphatic heterocycles. The van der Waals surface area contributed by atoms with Crippen LogP contribution in [0.1, 0.15) is 31.2 Å². The van der Waals surface area contributed by atoms with Crippen LogP contribution in [0.3, 0.4) is 0 Å². The van der Waals surface area contributed by atoms with Crippen molar-refractivity contribution in [1.82, 2.24) is 10.7 Å². The van der Waals surface area contributed by atoms with Gasteiger partial charge in [-0.3, -0.25) is 0 Å². The van der Waals surface area contributed by atoms with E-state index in [-0.39, 0.29) is 11.7 Å². The first-order valence-electron chi connectivity index (χ1n) is 6.16. The lowest BCUT2D eigenvalue weighted by atomic mass is 10.1. The summed E-state index contributed by atoms with van der Waals surface area (Å²) in [4.78, 5) is 12.0. The van der Waals surface area contributed by atoms with Crippen molar-refractivity contribution in [2.24, 2.45) is 0 Å². The van der Waals surface area contributed by atoms with Crippen LogP contribution in [-0.4, -0.2) is 11.7 Å². The number of hydrogen-bond acceptors (Lipinski definition) is 2. The number of carbonyl (C=O) groups excluding carboxylic acids is 1. The van der Waals surface area contributed by atoms with Crippen molar-refractivity contribution in [2.45, 2.75) is 38.3 Å². The highest BCUT2D eigenvalue weighted by Gasteiger charge is 2.44. The van der Waals surface area contributed by atoms with Gasteiger partial charge in [0.15, 0.2) is 0 Å². The minimum atomic E-state index is -0.195. The van der Waals surface area contributed by atoms with E-state index >= 15 is 0 Å². The molecule has 17 heavy (non-hydrogen) atoms. The van der Waals surface area contributed by atoms with E-state index in [1.165, 1.54) is 12.8 Å². The van der Waals surface area contributed by atoms with E-state index in [2.05, 4.69) is 10.7 Å². The molecule has 3 rings (SSSR count). The Morgan fingerprint density at radius 2 is 1.94 bits per heavy atom. The average molecular weight is 231 g/mol. The fourth-order valence-corrected chi connectivity index (χ4v) is 2.75. The Kier molecular flexibility index (Phi) is 2.33. The van der Waals surface area contributed by atoms with Crippen molar-refractivity contribution in [3.8, 4) is 0 Å². The van der Waals surface area contributed by atoms with Gasteiger partial charge in [-0.15, -0.1) is 0 Å². The van der Waals surface area contributed by atoms with Crippen LogP contribution in [0.5, 0.6) is 0 Å². The van der Waals surface area contributed by atoms with Crippen LogP contribution < -0.4 is 15.8 Å². The first-order chi connectivity index (χ1) is 8.20. The summed E-state index contributed by atoms with van der Waals surface area (Å²) < 4.78 is 0. The van der Waals surface area contributed by atoms with Crippen molar-refractivity contribution >= 4 is 11.7 Å². The molecule has 90 valence electrons. The molecule has 1 saturated heterocycles. The highest BCUT2D eigenvalue weighted by Crippen LogP contribution is 2.32. The number of anilines is 1. The zero-order valence-electron chi connectivity index (χ0n) is 9.99. The molecule has 4 heteroatoms. The summed E-state index contributed by atoms with van der Waals surface area (Å²) in [5, 5.41) is 4.73. The Bertz CT molecular complexity index is 452. The van der Waals surface area contributed by atoms with E-state index < -0.39 is 0 Å². The fraction of sp³-hybridized carbons (Fsp3) is 0.462. The molecular formula is C13H17N3O. The first-order valence-corrected chi connectivity index (χ1v) is 6.16. The first kappa shape index (κ1) is 10.6. The van der Waals surface area contributed by atoms with Crippen LogP contribution in [0.15, 0.2) is 24.3 Å². The van der Waals surface area contributed by atoms with Gasteiger partial charge in [-0.05, 0) is 44.2 Å². The van der Waals surface area contributed by atoms with E-state index in [0.29, 0.717) is 0 Å². The lowest BCUT2D eigenvalue weighted by Crippen LogP contribution is -2.48. The van der Waals surface area contributed by atoms with Crippen LogP contribution in [0.4, 0.5) is 10.5 Å². The molecule has 2 amide bonds. The van der Waals surface area contributed by atoms with Crippen molar-refractivity contribution < 1.29 is 4.79 Å². The van der Waals surface area contributed by atoms with Crippen molar-refractivity contribution in [1.29, 1.82) is 0 Å². The lowest BCUT2D eigenvalue weighted by molar-refractivity contribution is 0.246. The Labute approximate surface area is 101 Å². The number of rotatable bonds is 1. The monoisotopic (exact) mass is 231 g/mol. The number of hydrazine groups is 1. The van der Waals surface area contributed by atoms with E-state index in [1.807, 2.05) is 31.2 Å². The molecule has 1 aromatic carbocycles. The Hall–Kier alpha value is -1.55. The summed E-state index contributed by atoms with van der Waals surface area (Å²) >= 11 is 0. The smallest absolute Gasteiger partial charge is 0.317 e. The van der Waals surface area contributed by atoms with Gasteiger partial charge in [-0.2, -0.15) is 0 Å². The molecule has 0 aromatic heterocycles. The summed E-state index contributed by atoms with van der Waals surface area (Å²) in [6.07, 6.45) is 4.38. The van der Waals surface area contributed by atoms with Crippen LogP contribution in [-0.2, 0) is 0 Å². The second-order valence-electron chi connectivity index (χ2n) is 4.95. The van der Waals surface area contributed by atoms with Gasteiger partial charge < -0.3 is 5.32 Å². The summed E-state index contributed by atoms with van der Waals surface area (Å²) in [6.45, 7) is 2.02. The number of benzene rings is 1. The number of carbonyl (C=O) groups is 1. The molecule has 1 aromatic rings. The zero-order chi connectivity index (χ0) is 11.9. The van der Waals surface area contributed by atoms with Gasteiger partial charge in [-0.25, -0.2) is 15.2 Å². The maximum absolute atomic E-state index is 12.0. The Morgan fingerprint density at radius 1 is 1.24 bits per heavy atom. The van der Waals surface area contributed by atoms with Gasteiger partial charge in [0.2, 0.25) is 0 Å². The summed E-state index contributed by atoms with van der Waals surface area (Å²) in [7, 11) is 0. The van der Waals surface area contributed by atoms with E-state index in [0.717, 1.165) is 24.1 Å². The summed E-state index contributed by atoms with van der Waals surface area (Å²) in [5.41, 5.74) is 5.19. The van der Waals surface area contributed by atoms with Crippen molar-refractivity contribution in [2.75, 3.05) is 5.01 Å². The third kappa shape index (κ3) is 1.69. The minimum absolute atomic E-state index is 0.0406. The summed E-state index contributed by atoms with van der Waals surface area (Å²) in [6, 6.07) is 7.88. The molecule has 1 aliphatic carbocycles. The van der Waals surface area contributed by atoms with E-state index in [4.69, 9.17) is 0 Å². The van der Waals surface area contributed by atoms with Gasteiger partial charge in [0.05, 0.1) is 5.69 Å². The second-order valence-corrected chi connectivity index (χ2v) is 4.95. The molecule has 0 radical (unpaired) electrons. The number of amides is 2. The van der Waals surface area contributed by atoms with Crippen molar-refractivity contribution in [3.63, 3.8) is 0 Å². The molecule has 1 spiro atoms. The van der Waals surface area contributed by atoms with Gasteiger partial charge in [-0.1, -0.05) is 18.2 Å². The standard InChI is InChI=1S/C13H17N3O/c1-10-6-2-3-7-11(10)16-12(17)14-13(15-16)8-4-5-9-13/h2-3,6-7,15H,4-5,8-9H2,1H3,(H,14,17). The average Bonchev–Trinajstić information content (AvgIpc) is 2.88. The van der Waals surface area contributed by atoms with Crippen LogP contribution >= 0.6 is 0 Å². The van der Waals surface area contributed by atoms with Crippen molar-refractivity contribution in [3.05, 3.63) is 29.8 Å². The number of nitrogens with zero attached hydrogens (tertiary/aromatic N) is 1. The van der Waals surface area contributed by atoms with Crippen LogP contribution in [0, 0.1) is 6.92 Å². The predicted octanol–water partition coefficient (Wildman–Crippen LogP) is 2.30. The quantitative estimate of drug-likeness (QED) is 0.779. The molecule has 0 unspecified atom stereocenters. The van der Waals surface area contributed by atoms with Gasteiger partial charge in [0, 0.05) is 0 Å². The molecule has 2 aliphatic rings.